The van der Waals surface area contributed by atoms with Gasteiger partial charge in [-0.25, -0.2) is 0 Å². The summed E-state index contributed by atoms with van der Waals surface area (Å²) in [7, 11) is 0. The summed E-state index contributed by atoms with van der Waals surface area (Å²) in [5, 5.41) is 25.0. The topological polar surface area (TPSA) is 89.9 Å². The molecule has 2 unspecified atom stereocenters. The summed E-state index contributed by atoms with van der Waals surface area (Å²) in [5.74, 6) is -1.45. The molecule has 0 saturated heterocycles. The number of aliphatic hydroxyl groups is 2. The number of nitrogens with zero attached hydrogens (tertiary/aromatic N) is 1. The third-order valence-electron chi connectivity index (χ3n) is 4.18. The first-order valence-corrected chi connectivity index (χ1v) is 13.3. The van der Waals surface area contributed by atoms with E-state index >= 15 is 0 Å². The molecule has 1 heterocycles. The Morgan fingerprint density at radius 2 is 1.91 bits per heavy atom. The fraction of sp³-hybridized carbons (Fsp3) is 0.520. The summed E-state index contributed by atoms with van der Waals surface area (Å²) in [6.07, 6.45) is 3.73. The van der Waals surface area contributed by atoms with Crippen molar-refractivity contribution < 1.29 is 19.8 Å². The van der Waals surface area contributed by atoms with Crippen molar-refractivity contribution in [1.82, 2.24) is 10.2 Å². The van der Waals surface area contributed by atoms with E-state index in [2.05, 4.69) is 27.8 Å². The van der Waals surface area contributed by atoms with Crippen LogP contribution < -0.4 is 5.32 Å². The molecule has 0 bridgehead atoms. The van der Waals surface area contributed by atoms with Crippen molar-refractivity contribution in [3.05, 3.63) is 57.8 Å². The van der Waals surface area contributed by atoms with Gasteiger partial charge in [-0.3, -0.25) is 9.59 Å². The molecule has 0 aliphatic rings. The maximum absolute atomic E-state index is 12.7. The van der Waals surface area contributed by atoms with E-state index in [9.17, 15) is 19.8 Å². The molecule has 1 rings (SSSR count). The van der Waals surface area contributed by atoms with E-state index < -0.39 is 24.0 Å². The molecule has 2 amide bonds. The van der Waals surface area contributed by atoms with Crippen LogP contribution in [0.25, 0.3) is 0 Å². The van der Waals surface area contributed by atoms with E-state index in [1.807, 2.05) is 52.1 Å². The molecule has 0 radical (unpaired) electrons. The third kappa shape index (κ3) is 14.2. The lowest BCUT2D eigenvalue weighted by molar-refractivity contribution is -0.152. The standard InChI is InChI=1S/C21H29BrN2O4S.2C2H6/c1-3-5-13-24(15-16(4-2)8-6-11-22)21(28)19(26)18(25)20(27)23-12-10-17-9-7-14-29-17;2*1-2/h4,6-9,11,14,18-19,25-26H,2-3,5,10,12-13,15H2,1H3,(H,23,27);2*1-2H3/b11-6+,16-8+;;. The molecule has 1 aromatic rings. The van der Waals surface area contributed by atoms with Crippen molar-refractivity contribution in [3.8, 4) is 0 Å². The van der Waals surface area contributed by atoms with E-state index in [0.717, 1.165) is 23.3 Å². The first-order valence-electron chi connectivity index (χ1n) is 11.5. The zero-order valence-electron chi connectivity index (χ0n) is 20.6. The van der Waals surface area contributed by atoms with Crippen molar-refractivity contribution in [3.63, 3.8) is 0 Å². The number of rotatable bonds is 13. The van der Waals surface area contributed by atoms with Crippen LogP contribution in [0.4, 0.5) is 0 Å². The van der Waals surface area contributed by atoms with Crippen LogP contribution in [0.15, 0.2) is 52.9 Å². The highest BCUT2D eigenvalue weighted by molar-refractivity contribution is 9.11. The molecule has 2 atom stereocenters. The van der Waals surface area contributed by atoms with Gasteiger partial charge in [0.2, 0.25) is 0 Å². The van der Waals surface area contributed by atoms with Crippen molar-refractivity contribution >= 4 is 39.1 Å². The van der Waals surface area contributed by atoms with Crippen LogP contribution in [-0.4, -0.2) is 58.8 Å². The van der Waals surface area contributed by atoms with Crippen LogP contribution in [0, 0.1) is 0 Å². The molecular weight excluding hydrogens is 504 g/mol. The molecule has 0 aliphatic heterocycles. The molecule has 0 aromatic carbocycles. The largest absolute Gasteiger partial charge is 0.380 e. The van der Waals surface area contributed by atoms with E-state index in [1.165, 1.54) is 4.90 Å². The van der Waals surface area contributed by atoms with Crippen molar-refractivity contribution in [1.29, 1.82) is 0 Å². The van der Waals surface area contributed by atoms with Gasteiger partial charge < -0.3 is 20.4 Å². The van der Waals surface area contributed by atoms with Crippen molar-refractivity contribution in [2.24, 2.45) is 0 Å². The Kier molecular flexibility index (Phi) is 22.4. The second kappa shape index (κ2) is 22.1. The number of unbranched alkanes of at least 4 members (excludes halogenated alkanes) is 1. The summed E-state index contributed by atoms with van der Waals surface area (Å²) < 4.78 is 0. The Morgan fingerprint density at radius 1 is 1.24 bits per heavy atom. The van der Waals surface area contributed by atoms with Crippen LogP contribution in [0.5, 0.6) is 0 Å². The molecular formula is C25H41BrN2O4S. The normalized spacial score (nSPS) is 12.5. The summed E-state index contributed by atoms with van der Waals surface area (Å²) >= 11 is 4.75. The molecule has 3 N–H and O–H groups in total. The smallest absolute Gasteiger partial charge is 0.254 e. The minimum atomic E-state index is -1.83. The first kappa shape index (κ1) is 33.4. The van der Waals surface area contributed by atoms with Gasteiger partial charge in [0, 0.05) is 24.5 Å². The lowest BCUT2D eigenvalue weighted by Crippen LogP contribution is -2.51. The van der Waals surface area contributed by atoms with Gasteiger partial charge >= 0.3 is 0 Å². The number of halogens is 1. The van der Waals surface area contributed by atoms with Gasteiger partial charge in [0.15, 0.2) is 12.2 Å². The molecule has 0 saturated carbocycles. The Morgan fingerprint density at radius 3 is 2.42 bits per heavy atom. The summed E-state index contributed by atoms with van der Waals surface area (Å²) in [4.78, 5) is 29.1. The maximum atomic E-state index is 12.7. The number of allylic oxidation sites excluding steroid dienone is 2. The monoisotopic (exact) mass is 544 g/mol. The zero-order valence-corrected chi connectivity index (χ0v) is 23.0. The molecule has 0 spiro atoms. The molecule has 188 valence electrons. The second-order valence-electron chi connectivity index (χ2n) is 6.39. The summed E-state index contributed by atoms with van der Waals surface area (Å²) in [6, 6.07) is 3.87. The number of amides is 2. The number of carbonyl (C=O) groups is 2. The SMILES string of the molecule is C=C/C(=C\C=C\Br)CN(CCCC)C(=O)C(O)C(O)C(=O)NCCc1cccs1.CC.CC. The number of hydrogen-bond acceptors (Lipinski definition) is 5. The van der Waals surface area contributed by atoms with Gasteiger partial charge in [-0.1, -0.05) is 87.8 Å². The number of nitrogens with one attached hydrogen (secondary N) is 1. The molecule has 8 heteroatoms. The van der Waals surface area contributed by atoms with Gasteiger partial charge in [0.05, 0.1) is 0 Å². The predicted octanol–water partition coefficient (Wildman–Crippen LogP) is 4.83. The number of carbonyl (C=O) groups excluding carboxylic acids is 2. The Balaban J connectivity index is 0. The number of hydrogen-bond donors (Lipinski definition) is 3. The van der Waals surface area contributed by atoms with Gasteiger partial charge in [0.25, 0.3) is 11.8 Å². The average Bonchev–Trinajstić information content (AvgIpc) is 3.38. The van der Waals surface area contributed by atoms with E-state index in [1.54, 1.807) is 34.6 Å². The lowest BCUT2D eigenvalue weighted by atomic mass is 10.1. The number of thiophene rings is 1. The minimum Gasteiger partial charge on any atom is -0.380 e. The summed E-state index contributed by atoms with van der Waals surface area (Å²) in [6.45, 7) is 14.7. The van der Waals surface area contributed by atoms with Gasteiger partial charge in [-0.15, -0.1) is 11.3 Å². The Hall–Kier alpha value is -1.74. The summed E-state index contributed by atoms with van der Waals surface area (Å²) in [5.41, 5.74) is 0.771. The number of aliphatic hydroxyl groups excluding tert-OH is 2. The molecule has 0 fully saturated rings. The predicted molar refractivity (Wildman–Crippen MR) is 144 cm³/mol. The van der Waals surface area contributed by atoms with Gasteiger partial charge in [-0.05, 0) is 34.8 Å². The van der Waals surface area contributed by atoms with Gasteiger partial charge in [-0.2, -0.15) is 0 Å². The first-order chi connectivity index (χ1) is 15.9. The van der Waals surface area contributed by atoms with E-state index in [0.29, 0.717) is 19.5 Å². The Bertz CT molecular complexity index is 705. The van der Waals surface area contributed by atoms with Crippen LogP contribution in [0.3, 0.4) is 0 Å². The second-order valence-corrected chi connectivity index (χ2v) is 7.95. The zero-order chi connectivity index (χ0) is 25.6. The molecule has 6 nitrogen and oxygen atoms in total. The van der Waals surface area contributed by atoms with Crippen LogP contribution in [-0.2, 0) is 16.0 Å². The van der Waals surface area contributed by atoms with Crippen LogP contribution >= 0.6 is 27.3 Å². The molecule has 1 aromatic heterocycles. The minimum absolute atomic E-state index is 0.226. The van der Waals surface area contributed by atoms with E-state index in [4.69, 9.17) is 0 Å². The fourth-order valence-electron chi connectivity index (χ4n) is 2.52. The lowest BCUT2D eigenvalue weighted by Gasteiger charge is -2.27. The van der Waals surface area contributed by atoms with Gasteiger partial charge in [0.1, 0.15) is 0 Å². The molecule has 0 aliphatic carbocycles. The maximum Gasteiger partial charge on any atom is 0.254 e. The quantitative estimate of drug-likeness (QED) is 0.310. The van der Waals surface area contributed by atoms with Crippen molar-refractivity contribution in [2.45, 2.75) is 66.1 Å². The fourth-order valence-corrected chi connectivity index (χ4v) is 3.38. The Labute approximate surface area is 212 Å². The van der Waals surface area contributed by atoms with Crippen molar-refractivity contribution in [2.75, 3.05) is 19.6 Å². The van der Waals surface area contributed by atoms with Crippen LogP contribution in [0.2, 0.25) is 0 Å². The highest BCUT2D eigenvalue weighted by Gasteiger charge is 2.33. The average molecular weight is 546 g/mol. The highest BCUT2D eigenvalue weighted by Crippen LogP contribution is 2.10. The third-order valence-corrected chi connectivity index (χ3v) is 5.42. The molecule has 33 heavy (non-hydrogen) atoms. The van der Waals surface area contributed by atoms with Crippen LogP contribution in [0.1, 0.15) is 52.3 Å². The highest BCUT2D eigenvalue weighted by atomic mass is 79.9. The van der Waals surface area contributed by atoms with E-state index in [-0.39, 0.29) is 6.54 Å².